The number of aromatic nitrogens is 3. The van der Waals surface area contributed by atoms with Crippen molar-refractivity contribution in [1.82, 2.24) is 15.0 Å². The SMILES string of the molecule is CNc1cc(C)c(-c2cc(N3CCOCC3)nc(N3CCCCC3)n2)cn1. The maximum absolute atomic E-state index is 5.51. The van der Waals surface area contributed by atoms with Gasteiger partial charge in [-0.25, -0.2) is 9.97 Å². The summed E-state index contributed by atoms with van der Waals surface area (Å²) < 4.78 is 5.51. The molecule has 0 spiro atoms. The second kappa shape index (κ2) is 8.08. The van der Waals surface area contributed by atoms with Gasteiger partial charge in [-0.3, -0.25) is 0 Å². The fourth-order valence-electron chi connectivity index (χ4n) is 3.71. The first-order valence-corrected chi connectivity index (χ1v) is 9.86. The maximum atomic E-state index is 5.51. The topological polar surface area (TPSA) is 66.4 Å². The minimum Gasteiger partial charge on any atom is -0.378 e. The van der Waals surface area contributed by atoms with E-state index in [2.05, 4.69) is 39.2 Å². The molecule has 0 radical (unpaired) electrons. The Morgan fingerprint density at radius 2 is 1.74 bits per heavy atom. The molecule has 0 atom stereocenters. The van der Waals surface area contributed by atoms with Crippen LogP contribution in [0, 0.1) is 6.92 Å². The second-order valence-electron chi connectivity index (χ2n) is 7.19. The van der Waals surface area contributed by atoms with Gasteiger partial charge in [0.15, 0.2) is 0 Å². The number of hydrogen-bond donors (Lipinski definition) is 1. The lowest BCUT2D eigenvalue weighted by Crippen LogP contribution is -2.37. The number of ether oxygens (including phenoxy) is 1. The van der Waals surface area contributed by atoms with Crippen LogP contribution in [-0.4, -0.2) is 61.4 Å². The smallest absolute Gasteiger partial charge is 0.227 e. The first kappa shape index (κ1) is 18.0. The number of aryl methyl sites for hydroxylation is 1. The third kappa shape index (κ3) is 3.98. The van der Waals surface area contributed by atoms with Crippen LogP contribution in [0.1, 0.15) is 24.8 Å². The van der Waals surface area contributed by atoms with E-state index in [0.717, 1.165) is 73.8 Å². The van der Waals surface area contributed by atoms with Crippen LogP contribution in [0.2, 0.25) is 0 Å². The molecule has 4 rings (SSSR count). The Morgan fingerprint density at radius 3 is 2.44 bits per heavy atom. The molecule has 7 nitrogen and oxygen atoms in total. The molecule has 0 amide bonds. The van der Waals surface area contributed by atoms with Crippen molar-refractivity contribution >= 4 is 17.6 Å². The molecule has 0 aromatic carbocycles. The van der Waals surface area contributed by atoms with Gasteiger partial charge in [-0.2, -0.15) is 4.98 Å². The molecule has 4 heterocycles. The molecule has 27 heavy (non-hydrogen) atoms. The Labute approximate surface area is 160 Å². The lowest BCUT2D eigenvalue weighted by atomic mass is 10.1. The molecule has 144 valence electrons. The molecule has 0 unspecified atom stereocenters. The first-order valence-electron chi connectivity index (χ1n) is 9.86. The van der Waals surface area contributed by atoms with E-state index in [0.29, 0.717) is 0 Å². The molecule has 0 bridgehead atoms. The summed E-state index contributed by atoms with van der Waals surface area (Å²) in [6.07, 6.45) is 5.61. The summed E-state index contributed by atoms with van der Waals surface area (Å²) in [4.78, 5) is 19.0. The van der Waals surface area contributed by atoms with Gasteiger partial charge in [0, 0.05) is 51.1 Å². The Bertz CT molecular complexity index is 748. The fraction of sp³-hybridized carbons (Fsp3) is 0.550. The van der Waals surface area contributed by atoms with Crippen molar-refractivity contribution in [3.8, 4) is 11.3 Å². The van der Waals surface area contributed by atoms with E-state index < -0.39 is 0 Å². The predicted octanol–water partition coefficient (Wildman–Crippen LogP) is 2.72. The normalized spacial score (nSPS) is 17.9. The zero-order valence-electron chi connectivity index (χ0n) is 16.2. The van der Waals surface area contributed by atoms with E-state index in [9.17, 15) is 0 Å². The number of hydrogen-bond acceptors (Lipinski definition) is 7. The average Bonchev–Trinajstić information content (AvgIpc) is 2.74. The first-order chi connectivity index (χ1) is 13.2. The molecule has 2 aliphatic rings. The van der Waals surface area contributed by atoms with Gasteiger partial charge in [-0.05, 0) is 37.8 Å². The molecule has 0 aliphatic carbocycles. The van der Waals surface area contributed by atoms with E-state index in [1.165, 1.54) is 19.3 Å². The fourth-order valence-corrected chi connectivity index (χ4v) is 3.71. The van der Waals surface area contributed by atoms with Crippen LogP contribution < -0.4 is 15.1 Å². The van der Waals surface area contributed by atoms with Crippen LogP contribution in [0.4, 0.5) is 17.6 Å². The molecule has 2 aliphatic heterocycles. The third-order valence-electron chi connectivity index (χ3n) is 5.32. The van der Waals surface area contributed by atoms with E-state index in [1.54, 1.807) is 0 Å². The highest BCUT2D eigenvalue weighted by Gasteiger charge is 2.20. The van der Waals surface area contributed by atoms with E-state index >= 15 is 0 Å². The number of anilines is 3. The van der Waals surface area contributed by atoms with Crippen LogP contribution in [0.5, 0.6) is 0 Å². The highest BCUT2D eigenvalue weighted by molar-refractivity contribution is 5.68. The number of nitrogens with one attached hydrogen (secondary N) is 1. The van der Waals surface area contributed by atoms with Crippen LogP contribution in [0.15, 0.2) is 18.3 Å². The maximum Gasteiger partial charge on any atom is 0.227 e. The van der Waals surface area contributed by atoms with Crippen LogP contribution in [0.25, 0.3) is 11.3 Å². The molecule has 0 saturated carbocycles. The van der Waals surface area contributed by atoms with Gasteiger partial charge in [0.25, 0.3) is 0 Å². The molecule has 2 fully saturated rings. The van der Waals surface area contributed by atoms with Crippen molar-refractivity contribution < 1.29 is 4.74 Å². The van der Waals surface area contributed by atoms with Gasteiger partial charge in [0.1, 0.15) is 11.6 Å². The number of pyridine rings is 1. The molecule has 2 aromatic heterocycles. The largest absolute Gasteiger partial charge is 0.378 e. The second-order valence-corrected chi connectivity index (χ2v) is 7.19. The minimum absolute atomic E-state index is 0.746. The number of piperidine rings is 1. The zero-order chi connectivity index (χ0) is 18.6. The van der Waals surface area contributed by atoms with Crippen LogP contribution >= 0.6 is 0 Å². The molecular weight excluding hydrogens is 340 g/mol. The third-order valence-corrected chi connectivity index (χ3v) is 5.32. The Kier molecular flexibility index (Phi) is 5.38. The van der Waals surface area contributed by atoms with Gasteiger partial charge in [0.05, 0.1) is 18.9 Å². The van der Waals surface area contributed by atoms with Crippen molar-refractivity contribution in [2.24, 2.45) is 0 Å². The summed E-state index contributed by atoms with van der Waals surface area (Å²) in [6.45, 7) is 7.39. The summed E-state index contributed by atoms with van der Waals surface area (Å²) in [6, 6.07) is 4.16. The molecular formula is C20H28N6O. The highest BCUT2D eigenvalue weighted by atomic mass is 16.5. The summed E-state index contributed by atoms with van der Waals surface area (Å²) in [5.41, 5.74) is 3.16. The summed E-state index contributed by atoms with van der Waals surface area (Å²) in [7, 11) is 1.89. The van der Waals surface area contributed by atoms with Gasteiger partial charge in [-0.1, -0.05) is 0 Å². The van der Waals surface area contributed by atoms with Gasteiger partial charge < -0.3 is 19.9 Å². The van der Waals surface area contributed by atoms with Crippen molar-refractivity contribution in [2.45, 2.75) is 26.2 Å². The Hall–Kier alpha value is -2.41. The van der Waals surface area contributed by atoms with E-state index in [-0.39, 0.29) is 0 Å². The minimum atomic E-state index is 0.746. The monoisotopic (exact) mass is 368 g/mol. The van der Waals surface area contributed by atoms with E-state index in [1.807, 2.05) is 13.2 Å². The van der Waals surface area contributed by atoms with Gasteiger partial charge in [0.2, 0.25) is 5.95 Å². The summed E-state index contributed by atoms with van der Waals surface area (Å²) in [5, 5.41) is 3.10. The van der Waals surface area contributed by atoms with E-state index in [4.69, 9.17) is 14.7 Å². The molecule has 2 saturated heterocycles. The van der Waals surface area contributed by atoms with Crippen LogP contribution in [0.3, 0.4) is 0 Å². The molecule has 2 aromatic rings. The predicted molar refractivity (Wildman–Crippen MR) is 109 cm³/mol. The highest BCUT2D eigenvalue weighted by Crippen LogP contribution is 2.29. The lowest BCUT2D eigenvalue weighted by molar-refractivity contribution is 0.122. The average molecular weight is 368 g/mol. The standard InChI is InChI=1S/C20H28N6O/c1-15-12-18(21-2)22-14-16(15)17-13-19(25-8-10-27-11-9-25)24-20(23-17)26-6-4-3-5-7-26/h12-14H,3-11H2,1-2H3,(H,21,22). The van der Waals surface area contributed by atoms with Crippen molar-refractivity contribution in [3.05, 3.63) is 23.9 Å². The molecule has 7 heteroatoms. The Morgan fingerprint density at radius 1 is 0.963 bits per heavy atom. The lowest BCUT2D eigenvalue weighted by Gasteiger charge is -2.31. The van der Waals surface area contributed by atoms with Crippen LogP contribution in [-0.2, 0) is 4.74 Å². The number of nitrogens with zero attached hydrogens (tertiary/aromatic N) is 5. The Balaban J connectivity index is 1.75. The quantitative estimate of drug-likeness (QED) is 0.890. The van der Waals surface area contributed by atoms with Gasteiger partial charge >= 0.3 is 0 Å². The van der Waals surface area contributed by atoms with Gasteiger partial charge in [-0.15, -0.1) is 0 Å². The number of morpholine rings is 1. The molecule has 1 N–H and O–H groups in total. The summed E-state index contributed by atoms with van der Waals surface area (Å²) in [5.74, 6) is 2.70. The van der Waals surface area contributed by atoms with Crippen molar-refractivity contribution in [2.75, 3.05) is 61.6 Å². The summed E-state index contributed by atoms with van der Waals surface area (Å²) >= 11 is 0. The van der Waals surface area contributed by atoms with Crippen molar-refractivity contribution in [1.29, 1.82) is 0 Å². The zero-order valence-corrected chi connectivity index (χ0v) is 16.2. The van der Waals surface area contributed by atoms with Crippen molar-refractivity contribution in [3.63, 3.8) is 0 Å². The number of rotatable bonds is 4.